The summed E-state index contributed by atoms with van der Waals surface area (Å²) in [6, 6.07) is 13.3. The van der Waals surface area contributed by atoms with E-state index in [2.05, 4.69) is 35.0 Å². The standard InChI is InChI=1S/C23H31N3O3/c1-4-25-12-14-26(15-13-25)22-11-6-19(16-18(22)3)24-23(27)17-29-21-9-7-20(8-10-21)28-5-2/h6-11,16H,4-5,12-15,17H2,1-3H3,(H,24,27). The second-order valence-corrected chi connectivity index (χ2v) is 7.16. The Morgan fingerprint density at radius 3 is 2.21 bits per heavy atom. The Bertz CT molecular complexity index is 800. The second-order valence-electron chi connectivity index (χ2n) is 7.16. The lowest BCUT2D eigenvalue weighted by Gasteiger charge is -2.36. The molecule has 2 aromatic rings. The summed E-state index contributed by atoms with van der Waals surface area (Å²) in [6.07, 6.45) is 0. The molecule has 156 valence electrons. The van der Waals surface area contributed by atoms with E-state index in [9.17, 15) is 4.79 Å². The van der Waals surface area contributed by atoms with Gasteiger partial charge in [0.15, 0.2) is 6.61 Å². The van der Waals surface area contributed by atoms with Crippen molar-refractivity contribution < 1.29 is 14.3 Å². The molecule has 1 heterocycles. The lowest BCUT2D eigenvalue weighted by atomic mass is 10.1. The van der Waals surface area contributed by atoms with Gasteiger partial charge in [-0.2, -0.15) is 0 Å². The number of aryl methyl sites for hydroxylation is 1. The zero-order valence-electron chi connectivity index (χ0n) is 17.6. The third kappa shape index (κ3) is 5.87. The fraction of sp³-hybridized carbons (Fsp3) is 0.435. The molecule has 6 nitrogen and oxygen atoms in total. The van der Waals surface area contributed by atoms with Crippen LogP contribution in [-0.2, 0) is 4.79 Å². The molecule has 3 rings (SSSR count). The molecule has 1 N–H and O–H groups in total. The molecule has 2 aromatic carbocycles. The van der Waals surface area contributed by atoms with Gasteiger partial charge in [-0.05, 0) is 68.4 Å². The van der Waals surface area contributed by atoms with Crippen LogP contribution in [0.4, 0.5) is 11.4 Å². The molecular weight excluding hydrogens is 366 g/mol. The summed E-state index contributed by atoms with van der Waals surface area (Å²) >= 11 is 0. The first-order chi connectivity index (χ1) is 14.1. The predicted molar refractivity (Wildman–Crippen MR) is 117 cm³/mol. The highest BCUT2D eigenvalue weighted by molar-refractivity contribution is 5.92. The van der Waals surface area contributed by atoms with Crippen molar-refractivity contribution in [1.29, 1.82) is 0 Å². The molecule has 0 spiro atoms. The van der Waals surface area contributed by atoms with Crippen molar-refractivity contribution in [2.24, 2.45) is 0 Å². The summed E-state index contributed by atoms with van der Waals surface area (Å²) in [5.74, 6) is 1.25. The van der Waals surface area contributed by atoms with Gasteiger partial charge < -0.3 is 24.6 Å². The number of likely N-dealkylation sites (N-methyl/N-ethyl adjacent to an activating group) is 1. The molecule has 6 heteroatoms. The third-order valence-corrected chi connectivity index (χ3v) is 5.15. The summed E-state index contributed by atoms with van der Waals surface area (Å²) in [6.45, 7) is 12.2. The van der Waals surface area contributed by atoms with Crippen LogP contribution in [0.1, 0.15) is 19.4 Å². The molecular formula is C23H31N3O3. The van der Waals surface area contributed by atoms with Gasteiger partial charge in [0, 0.05) is 37.6 Å². The maximum Gasteiger partial charge on any atom is 0.262 e. The maximum atomic E-state index is 12.2. The van der Waals surface area contributed by atoms with Crippen molar-refractivity contribution in [3.8, 4) is 11.5 Å². The van der Waals surface area contributed by atoms with E-state index in [0.717, 1.165) is 44.2 Å². The minimum absolute atomic E-state index is 0.0340. The number of piperazine rings is 1. The van der Waals surface area contributed by atoms with Crippen LogP contribution in [-0.4, -0.2) is 56.7 Å². The van der Waals surface area contributed by atoms with Crippen molar-refractivity contribution >= 4 is 17.3 Å². The second kappa shape index (κ2) is 10.2. The Kier molecular flexibility index (Phi) is 7.36. The number of carbonyl (C=O) groups excluding carboxylic acids is 1. The van der Waals surface area contributed by atoms with E-state index >= 15 is 0 Å². The Balaban J connectivity index is 1.51. The summed E-state index contributed by atoms with van der Waals surface area (Å²) in [5, 5.41) is 2.92. The van der Waals surface area contributed by atoms with Gasteiger partial charge in [-0.3, -0.25) is 4.79 Å². The third-order valence-electron chi connectivity index (χ3n) is 5.15. The van der Waals surface area contributed by atoms with Crippen molar-refractivity contribution in [1.82, 2.24) is 4.90 Å². The van der Waals surface area contributed by atoms with Crippen LogP contribution < -0.4 is 19.7 Å². The van der Waals surface area contributed by atoms with Gasteiger partial charge in [-0.1, -0.05) is 6.92 Å². The van der Waals surface area contributed by atoms with Crippen LogP contribution in [0.2, 0.25) is 0 Å². The molecule has 0 radical (unpaired) electrons. The first kappa shape index (κ1) is 21.0. The van der Waals surface area contributed by atoms with E-state index in [0.29, 0.717) is 12.4 Å². The topological polar surface area (TPSA) is 54.0 Å². The van der Waals surface area contributed by atoms with Gasteiger partial charge in [-0.25, -0.2) is 0 Å². The van der Waals surface area contributed by atoms with Crippen LogP contribution in [0.3, 0.4) is 0 Å². The summed E-state index contributed by atoms with van der Waals surface area (Å²) in [5.41, 5.74) is 3.20. The molecule has 1 amide bonds. The number of nitrogens with zero attached hydrogens (tertiary/aromatic N) is 2. The largest absolute Gasteiger partial charge is 0.494 e. The van der Waals surface area contributed by atoms with Crippen LogP contribution >= 0.6 is 0 Å². The minimum atomic E-state index is -0.178. The van der Waals surface area contributed by atoms with Gasteiger partial charge in [0.2, 0.25) is 0 Å². The average molecular weight is 398 g/mol. The summed E-state index contributed by atoms with van der Waals surface area (Å²) < 4.78 is 11.0. The number of ether oxygens (including phenoxy) is 2. The molecule has 29 heavy (non-hydrogen) atoms. The number of rotatable bonds is 8. The molecule has 0 aliphatic carbocycles. The number of amides is 1. The highest BCUT2D eigenvalue weighted by Crippen LogP contribution is 2.25. The summed E-state index contributed by atoms with van der Waals surface area (Å²) in [4.78, 5) is 17.1. The Labute approximate surface area is 173 Å². The molecule has 1 aliphatic rings. The van der Waals surface area contributed by atoms with Crippen molar-refractivity contribution in [2.75, 3.05) is 56.2 Å². The smallest absolute Gasteiger partial charge is 0.262 e. The number of hydrogen-bond acceptors (Lipinski definition) is 5. The fourth-order valence-corrected chi connectivity index (χ4v) is 3.54. The van der Waals surface area contributed by atoms with Crippen LogP contribution in [0.25, 0.3) is 0 Å². The lowest BCUT2D eigenvalue weighted by Crippen LogP contribution is -2.46. The minimum Gasteiger partial charge on any atom is -0.494 e. The van der Waals surface area contributed by atoms with Crippen molar-refractivity contribution in [2.45, 2.75) is 20.8 Å². The SMILES string of the molecule is CCOc1ccc(OCC(=O)Nc2ccc(N3CCN(CC)CC3)c(C)c2)cc1. The molecule has 0 unspecified atom stereocenters. The molecule has 1 fully saturated rings. The normalized spacial score (nSPS) is 14.5. The quantitative estimate of drug-likeness (QED) is 0.738. The van der Waals surface area contributed by atoms with Gasteiger partial charge in [0.05, 0.1) is 6.61 Å². The number of benzene rings is 2. The van der Waals surface area contributed by atoms with E-state index in [-0.39, 0.29) is 12.5 Å². The first-order valence-corrected chi connectivity index (χ1v) is 10.3. The Morgan fingerprint density at radius 1 is 0.966 bits per heavy atom. The first-order valence-electron chi connectivity index (χ1n) is 10.3. The highest BCUT2D eigenvalue weighted by Gasteiger charge is 2.17. The average Bonchev–Trinajstić information content (AvgIpc) is 2.74. The van der Waals surface area contributed by atoms with Gasteiger partial charge in [-0.15, -0.1) is 0 Å². The fourth-order valence-electron chi connectivity index (χ4n) is 3.54. The van der Waals surface area contributed by atoms with Gasteiger partial charge in [0.1, 0.15) is 11.5 Å². The van der Waals surface area contributed by atoms with Gasteiger partial charge in [0.25, 0.3) is 5.91 Å². The predicted octanol–water partition coefficient (Wildman–Crippen LogP) is 3.55. The molecule has 1 aliphatic heterocycles. The number of hydrogen-bond donors (Lipinski definition) is 1. The lowest BCUT2D eigenvalue weighted by molar-refractivity contribution is -0.118. The van der Waals surface area contributed by atoms with Gasteiger partial charge >= 0.3 is 0 Å². The molecule has 1 saturated heterocycles. The zero-order valence-corrected chi connectivity index (χ0v) is 17.6. The monoisotopic (exact) mass is 397 g/mol. The molecule has 0 bridgehead atoms. The van der Waals surface area contributed by atoms with E-state index in [1.54, 1.807) is 12.1 Å². The Morgan fingerprint density at radius 2 is 1.62 bits per heavy atom. The van der Waals surface area contributed by atoms with Crippen LogP contribution in [0, 0.1) is 6.92 Å². The maximum absolute atomic E-state index is 12.2. The molecule has 0 saturated carbocycles. The van der Waals surface area contributed by atoms with Crippen molar-refractivity contribution in [3.05, 3.63) is 48.0 Å². The number of nitrogens with one attached hydrogen (secondary N) is 1. The zero-order chi connectivity index (χ0) is 20.6. The number of anilines is 2. The van der Waals surface area contributed by atoms with E-state index in [1.165, 1.54) is 11.3 Å². The van der Waals surface area contributed by atoms with E-state index < -0.39 is 0 Å². The van der Waals surface area contributed by atoms with Crippen LogP contribution in [0.15, 0.2) is 42.5 Å². The van der Waals surface area contributed by atoms with E-state index in [1.807, 2.05) is 31.2 Å². The number of carbonyl (C=O) groups is 1. The highest BCUT2D eigenvalue weighted by atomic mass is 16.5. The molecule has 0 aromatic heterocycles. The van der Waals surface area contributed by atoms with E-state index in [4.69, 9.17) is 9.47 Å². The van der Waals surface area contributed by atoms with Crippen LogP contribution in [0.5, 0.6) is 11.5 Å². The molecule has 0 atom stereocenters. The Hall–Kier alpha value is -2.73. The van der Waals surface area contributed by atoms with Crippen molar-refractivity contribution in [3.63, 3.8) is 0 Å². The summed E-state index contributed by atoms with van der Waals surface area (Å²) in [7, 11) is 0.